The van der Waals surface area contributed by atoms with Crippen LogP contribution in [0.25, 0.3) is 10.8 Å². The Labute approximate surface area is 162 Å². The molecule has 0 aliphatic rings. The minimum absolute atomic E-state index is 0.110. The van der Waals surface area contributed by atoms with E-state index in [1.54, 1.807) is 24.3 Å². The van der Waals surface area contributed by atoms with Gasteiger partial charge in [0.05, 0.1) is 10.8 Å². The van der Waals surface area contributed by atoms with E-state index in [-0.39, 0.29) is 18.5 Å². The van der Waals surface area contributed by atoms with E-state index in [4.69, 9.17) is 0 Å². The molecule has 1 amide bonds. The van der Waals surface area contributed by atoms with Gasteiger partial charge in [-0.3, -0.25) is 19.5 Å². The number of hydrogen-bond acceptors (Lipinski definition) is 4. The van der Waals surface area contributed by atoms with Crippen LogP contribution in [0, 0.1) is 0 Å². The van der Waals surface area contributed by atoms with Crippen molar-refractivity contribution in [2.24, 2.45) is 0 Å². The molecule has 7 nitrogen and oxygen atoms in total. The number of amides is 1. The minimum atomic E-state index is -0.391. The van der Waals surface area contributed by atoms with E-state index in [2.05, 4.69) is 27.4 Å². The predicted octanol–water partition coefficient (Wildman–Crippen LogP) is 0.979. The van der Waals surface area contributed by atoms with E-state index in [1.807, 2.05) is 32.3 Å². The van der Waals surface area contributed by atoms with Crippen molar-refractivity contribution in [2.45, 2.75) is 19.0 Å². The molecule has 1 unspecified atom stereocenters. The average Bonchev–Trinajstić information content (AvgIpc) is 2.69. The summed E-state index contributed by atoms with van der Waals surface area (Å²) in [5.74, 6) is -0.326. The van der Waals surface area contributed by atoms with E-state index in [0.29, 0.717) is 17.3 Å². The topological polar surface area (TPSA) is 87.2 Å². The van der Waals surface area contributed by atoms with Crippen molar-refractivity contribution < 1.29 is 4.79 Å². The molecule has 3 rings (SSSR count). The number of hydrogen-bond donors (Lipinski definition) is 2. The fourth-order valence-electron chi connectivity index (χ4n) is 3.11. The molecule has 0 bridgehead atoms. The summed E-state index contributed by atoms with van der Waals surface area (Å²) >= 11 is 0. The lowest BCUT2D eigenvalue weighted by Gasteiger charge is -2.25. The van der Waals surface area contributed by atoms with Gasteiger partial charge < -0.3 is 10.2 Å². The van der Waals surface area contributed by atoms with Gasteiger partial charge in [-0.1, -0.05) is 42.5 Å². The summed E-state index contributed by atoms with van der Waals surface area (Å²) < 4.78 is 1.06. The Balaban J connectivity index is 1.68. The van der Waals surface area contributed by atoms with Gasteiger partial charge in [-0.2, -0.15) is 0 Å². The van der Waals surface area contributed by atoms with Gasteiger partial charge in [0.25, 0.3) is 11.1 Å². The zero-order valence-corrected chi connectivity index (χ0v) is 16.0. The van der Waals surface area contributed by atoms with Gasteiger partial charge in [-0.25, -0.2) is 4.68 Å². The molecule has 1 heterocycles. The molecule has 3 aromatic rings. The molecule has 7 heteroatoms. The van der Waals surface area contributed by atoms with Gasteiger partial charge in [0.2, 0.25) is 5.91 Å². The normalized spacial score (nSPS) is 12.2. The molecular weight excluding hydrogens is 356 g/mol. The number of rotatable bonds is 7. The molecule has 0 saturated heterocycles. The van der Waals surface area contributed by atoms with E-state index in [1.165, 1.54) is 5.56 Å². The summed E-state index contributed by atoms with van der Waals surface area (Å²) in [6.45, 7) is 0.206. The zero-order chi connectivity index (χ0) is 20.1. The van der Waals surface area contributed by atoms with Crippen LogP contribution in [-0.4, -0.2) is 47.3 Å². The summed E-state index contributed by atoms with van der Waals surface area (Å²) in [5.41, 5.74) is 0.405. The number of likely N-dealkylation sites (N-methyl/N-ethyl adjacent to an activating group) is 1. The molecule has 0 fully saturated rings. The molecule has 0 saturated carbocycles. The summed E-state index contributed by atoms with van der Waals surface area (Å²) in [4.78, 5) is 39.1. The Kier molecular flexibility index (Phi) is 6.06. The Morgan fingerprint density at radius 2 is 1.68 bits per heavy atom. The van der Waals surface area contributed by atoms with E-state index in [9.17, 15) is 14.4 Å². The lowest BCUT2D eigenvalue weighted by molar-refractivity contribution is -0.122. The van der Waals surface area contributed by atoms with Crippen molar-refractivity contribution in [3.63, 3.8) is 0 Å². The smallest absolute Gasteiger partial charge is 0.273 e. The summed E-state index contributed by atoms with van der Waals surface area (Å²) in [5, 5.41) is 5.96. The molecule has 28 heavy (non-hydrogen) atoms. The summed E-state index contributed by atoms with van der Waals surface area (Å²) in [7, 11) is 3.93. The zero-order valence-electron chi connectivity index (χ0n) is 16.0. The van der Waals surface area contributed by atoms with E-state index >= 15 is 0 Å². The van der Waals surface area contributed by atoms with Crippen molar-refractivity contribution >= 4 is 16.7 Å². The number of aromatic nitrogens is 2. The first-order valence-corrected chi connectivity index (χ1v) is 9.14. The molecule has 2 aromatic carbocycles. The van der Waals surface area contributed by atoms with E-state index in [0.717, 1.165) is 11.1 Å². The van der Waals surface area contributed by atoms with Gasteiger partial charge in [0.1, 0.15) is 6.54 Å². The molecule has 1 aromatic heterocycles. The Morgan fingerprint density at radius 3 is 2.36 bits per heavy atom. The van der Waals surface area contributed by atoms with Crippen LogP contribution >= 0.6 is 0 Å². The second-order valence-corrected chi connectivity index (χ2v) is 6.99. The van der Waals surface area contributed by atoms with Crippen LogP contribution < -0.4 is 16.4 Å². The first kappa shape index (κ1) is 19.6. The fraction of sp³-hybridized carbons (Fsp3) is 0.286. The fourth-order valence-corrected chi connectivity index (χ4v) is 3.11. The van der Waals surface area contributed by atoms with Crippen LogP contribution in [0.5, 0.6) is 0 Å². The molecule has 2 N–H and O–H groups in total. The number of carbonyl (C=O) groups excluding carboxylic acids is 1. The maximum absolute atomic E-state index is 12.5. The second-order valence-electron chi connectivity index (χ2n) is 6.99. The van der Waals surface area contributed by atoms with Crippen molar-refractivity contribution in [2.75, 3.05) is 20.6 Å². The number of aromatic amines is 1. The van der Waals surface area contributed by atoms with Crippen molar-refractivity contribution in [1.82, 2.24) is 20.0 Å². The highest BCUT2D eigenvalue weighted by molar-refractivity contribution is 5.81. The number of nitrogens with zero attached hydrogens (tertiary/aromatic N) is 2. The van der Waals surface area contributed by atoms with Gasteiger partial charge in [0.15, 0.2) is 0 Å². The maximum atomic E-state index is 12.5. The highest BCUT2D eigenvalue weighted by atomic mass is 16.2. The van der Waals surface area contributed by atoms with Gasteiger partial charge >= 0.3 is 0 Å². The quantitative estimate of drug-likeness (QED) is 0.640. The first-order valence-electron chi connectivity index (χ1n) is 9.14. The van der Waals surface area contributed by atoms with Gasteiger partial charge in [0, 0.05) is 12.6 Å². The number of carbonyl (C=O) groups is 1. The standard InChI is InChI=1S/C21H24N4O3/c1-24(2)16(12-15-8-4-3-5-9-15)13-22-19(26)14-25-21(28)18-11-7-6-10-17(18)20(27)23-25/h3-11,16H,12-14H2,1-2H3,(H,22,26)(H,23,27). The van der Waals surface area contributed by atoms with Crippen molar-refractivity contribution in [1.29, 1.82) is 0 Å². The molecular formula is C21H24N4O3. The first-order chi connectivity index (χ1) is 13.5. The summed E-state index contributed by atoms with van der Waals surface area (Å²) in [6, 6.07) is 16.7. The van der Waals surface area contributed by atoms with Crippen LogP contribution in [0.2, 0.25) is 0 Å². The average molecular weight is 380 g/mol. The number of fused-ring (bicyclic) bond motifs is 1. The third-order valence-electron chi connectivity index (χ3n) is 4.76. The molecule has 0 aliphatic heterocycles. The Bertz CT molecular complexity index is 1070. The predicted molar refractivity (Wildman–Crippen MR) is 109 cm³/mol. The van der Waals surface area contributed by atoms with Crippen LogP contribution in [0.4, 0.5) is 0 Å². The summed E-state index contributed by atoms with van der Waals surface area (Å²) in [6.07, 6.45) is 0.793. The minimum Gasteiger partial charge on any atom is -0.353 e. The monoisotopic (exact) mass is 380 g/mol. The molecule has 146 valence electrons. The van der Waals surface area contributed by atoms with Crippen LogP contribution in [0.15, 0.2) is 64.2 Å². The van der Waals surface area contributed by atoms with Crippen molar-refractivity contribution in [3.8, 4) is 0 Å². The number of nitrogens with one attached hydrogen (secondary N) is 2. The lowest BCUT2D eigenvalue weighted by Crippen LogP contribution is -2.44. The third-order valence-corrected chi connectivity index (χ3v) is 4.76. The third kappa shape index (κ3) is 4.55. The van der Waals surface area contributed by atoms with Crippen LogP contribution in [0.3, 0.4) is 0 Å². The van der Waals surface area contributed by atoms with Gasteiger partial charge in [-0.15, -0.1) is 0 Å². The van der Waals surface area contributed by atoms with Crippen LogP contribution in [-0.2, 0) is 17.8 Å². The highest BCUT2D eigenvalue weighted by Crippen LogP contribution is 2.06. The maximum Gasteiger partial charge on any atom is 0.273 e. The Hall–Kier alpha value is -3.19. The van der Waals surface area contributed by atoms with Crippen molar-refractivity contribution in [3.05, 3.63) is 80.9 Å². The Morgan fingerprint density at radius 1 is 1.04 bits per heavy atom. The van der Waals surface area contributed by atoms with E-state index < -0.39 is 11.1 Å². The number of H-pyrrole nitrogens is 1. The molecule has 0 radical (unpaired) electrons. The molecule has 1 atom stereocenters. The van der Waals surface area contributed by atoms with Gasteiger partial charge in [-0.05, 0) is 38.2 Å². The lowest BCUT2D eigenvalue weighted by atomic mass is 10.1. The highest BCUT2D eigenvalue weighted by Gasteiger charge is 2.15. The molecule has 0 aliphatic carbocycles. The largest absolute Gasteiger partial charge is 0.353 e. The molecule has 0 spiro atoms. The van der Waals surface area contributed by atoms with Crippen LogP contribution in [0.1, 0.15) is 5.56 Å². The number of benzene rings is 2. The second kappa shape index (κ2) is 8.67. The SMILES string of the molecule is CN(C)C(CNC(=O)Cn1[nH]c(=O)c2ccccc2c1=O)Cc1ccccc1.